The maximum absolute atomic E-state index is 13.1. The number of anilines is 1. The van der Waals surface area contributed by atoms with E-state index in [9.17, 15) is 4.39 Å². The van der Waals surface area contributed by atoms with Crippen LogP contribution in [0.15, 0.2) is 12.4 Å². The molecule has 84 valence electrons. The molecule has 1 unspecified atom stereocenters. The number of nitrogens with zero attached hydrogens (tertiary/aromatic N) is 3. The first-order valence-electron chi connectivity index (χ1n) is 4.93. The molecule has 0 N–H and O–H groups in total. The first-order chi connectivity index (χ1) is 6.75. The molecule has 0 aromatic carbocycles. The Labute approximate surface area is 90.4 Å². The molecule has 2 heterocycles. The Bertz CT molecular complexity index is 299. The van der Waals surface area contributed by atoms with Gasteiger partial charge in [-0.3, -0.25) is 0 Å². The summed E-state index contributed by atoms with van der Waals surface area (Å²) in [4.78, 5) is 10.3. The number of rotatable bonds is 1. The number of halogens is 1. The van der Waals surface area contributed by atoms with Crippen molar-refractivity contribution in [3.63, 3.8) is 0 Å². The fraction of sp³-hybridized carbons (Fsp3) is 0.636. The Kier molecular flexibility index (Phi) is 4.00. The third-order valence-electron chi connectivity index (χ3n) is 2.41. The minimum absolute atomic E-state index is 0. The quantitative estimate of drug-likeness (QED) is 0.714. The lowest BCUT2D eigenvalue weighted by atomic mass is 10.1. The Morgan fingerprint density at radius 3 is 2.67 bits per heavy atom. The zero-order valence-corrected chi connectivity index (χ0v) is 8.28. The second kappa shape index (κ2) is 5.05. The Morgan fingerprint density at radius 2 is 2.07 bits per heavy atom. The molecule has 2 rings (SSSR count). The molecule has 0 radical (unpaired) electrons. The largest absolute Gasteiger partial charge is 0.338 e. The van der Waals surface area contributed by atoms with Crippen LogP contribution in [0.3, 0.4) is 0 Å². The van der Waals surface area contributed by atoms with Crippen LogP contribution in [-0.2, 0) is 0 Å². The van der Waals surface area contributed by atoms with Crippen molar-refractivity contribution in [3.8, 4) is 0 Å². The van der Waals surface area contributed by atoms with Crippen molar-refractivity contribution in [2.75, 3.05) is 18.0 Å². The van der Waals surface area contributed by atoms with Gasteiger partial charge >= 0.3 is 0 Å². The summed E-state index contributed by atoms with van der Waals surface area (Å²) in [5.41, 5.74) is 1.03. The number of alkyl halides is 1. The highest BCUT2D eigenvalue weighted by Gasteiger charge is 2.20. The number of aryl methyl sites for hydroxylation is 1. The van der Waals surface area contributed by atoms with Gasteiger partial charge in [0.2, 0.25) is 5.95 Å². The van der Waals surface area contributed by atoms with Crippen molar-refractivity contribution >= 4 is 5.95 Å². The van der Waals surface area contributed by atoms with E-state index in [1.807, 2.05) is 11.8 Å². The van der Waals surface area contributed by atoms with E-state index in [4.69, 9.17) is 0 Å². The fourth-order valence-corrected chi connectivity index (χ4v) is 1.66. The van der Waals surface area contributed by atoms with Crippen LogP contribution >= 0.6 is 0 Å². The van der Waals surface area contributed by atoms with Crippen molar-refractivity contribution in [2.45, 2.75) is 33.4 Å². The summed E-state index contributed by atoms with van der Waals surface area (Å²) in [6, 6.07) is 0. The van der Waals surface area contributed by atoms with Crippen LogP contribution in [0.4, 0.5) is 10.3 Å². The molecule has 1 fully saturated rings. The second-order valence-electron chi connectivity index (χ2n) is 3.75. The molecule has 1 aliphatic rings. The topological polar surface area (TPSA) is 29.0 Å². The number of aromatic nitrogens is 2. The van der Waals surface area contributed by atoms with Crippen molar-refractivity contribution in [3.05, 3.63) is 18.0 Å². The third-order valence-corrected chi connectivity index (χ3v) is 2.41. The molecule has 4 heteroatoms. The van der Waals surface area contributed by atoms with Crippen LogP contribution in [0.1, 0.15) is 25.8 Å². The van der Waals surface area contributed by atoms with Gasteiger partial charge in [-0.1, -0.05) is 7.43 Å². The first kappa shape index (κ1) is 11.9. The van der Waals surface area contributed by atoms with Crippen LogP contribution in [0.5, 0.6) is 0 Å². The van der Waals surface area contributed by atoms with E-state index < -0.39 is 6.17 Å². The average Bonchev–Trinajstić information content (AvgIpc) is 2.19. The maximum atomic E-state index is 13.1. The Balaban J connectivity index is 0.00000112. The van der Waals surface area contributed by atoms with Crippen LogP contribution in [0, 0.1) is 6.92 Å². The van der Waals surface area contributed by atoms with Gasteiger partial charge in [0.15, 0.2) is 0 Å². The predicted molar refractivity (Wildman–Crippen MR) is 59.8 cm³/mol. The minimum atomic E-state index is -0.728. The fourth-order valence-electron chi connectivity index (χ4n) is 1.66. The predicted octanol–water partition coefficient (Wildman–Crippen LogP) is 2.36. The van der Waals surface area contributed by atoms with Crippen LogP contribution < -0.4 is 4.90 Å². The van der Waals surface area contributed by atoms with Crippen LogP contribution in [0.2, 0.25) is 0 Å². The first-order valence-corrected chi connectivity index (χ1v) is 4.93. The van der Waals surface area contributed by atoms with E-state index in [0.717, 1.165) is 18.5 Å². The maximum Gasteiger partial charge on any atom is 0.225 e. The molecule has 1 aromatic rings. The molecule has 0 aliphatic carbocycles. The average molecular weight is 211 g/mol. The molecule has 0 saturated carbocycles. The Hall–Kier alpha value is -1.19. The van der Waals surface area contributed by atoms with Crippen LogP contribution in [0.25, 0.3) is 0 Å². The lowest BCUT2D eigenvalue weighted by Crippen LogP contribution is -2.37. The molecule has 0 amide bonds. The summed E-state index contributed by atoms with van der Waals surface area (Å²) in [7, 11) is 0. The molecule has 1 aromatic heterocycles. The van der Waals surface area contributed by atoms with E-state index in [-0.39, 0.29) is 7.43 Å². The van der Waals surface area contributed by atoms with Gasteiger partial charge < -0.3 is 4.90 Å². The van der Waals surface area contributed by atoms with Gasteiger partial charge in [0.1, 0.15) is 6.17 Å². The summed E-state index contributed by atoms with van der Waals surface area (Å²) in [5, 5.41) is 0. The second-order valence-corrected chi connectivity index (χ2v) is 3.75. The monoisotopic (exact) mass is 211 g/mol. The van der Waals surface area contributed by atoms with Gasteiger partial charge in [0.05, 0.1) is 6.54 Å². The third kappa shape index (κ3) is 2.88. The molecular formula is C11H18FN3. The van der Waals surface area contributed by atoms with Crippen molar-refractivity contribution < 1.29 is 4.39 Å². The van der Waals surface area contributed by atoms with Gasteiger partial charge in [-0.2, -0.15) is 0 Å². The summed E-state index contributed by atoms with van der Waals surface area (Å²) in [5.74, 6) is 0.651. The Morgan fingerprint density at radius 1 is 1.40 bits per heavy atom. The van der Waals surface area contributed by atoms with Crippen LogP contribution in [-0.4, -0.2) is 29.2 Å². The normalized spacial score (nSPS) is 20.9. The SMILES string of the molecule is C.Cc1cnc(N2CCCC(F)C2)nc1. The van der Waals surface area contributed by atoms with Crippen molar-refractivity contribution in [2.24, 2.45) is 0 Å². The van der Waals surface area contributed by atoms with Crippen molar-refractivity contribution in [1.29, 1.82) is 0 Å². The minimum Gasteiger partial charge on any atom is -0.338 e. The van der Waals surface area contributed by atoms with E-state index in [0.29, 0.717) is 18.9 Å². The highest BCUT2D eigenvalue weighted by Crippen LogP contribution is 2.17. The van der Waals surface area contributed by atoms with Crippen molar-refractivity contribution in [1.82, 2.24) is 9.97 Å². The summed E-state index contributed by atoms with van der Waals surface area (Å²) >= 11 is 0. The smallest absolute Gasteiger partial charge is 0.225 e. The molecule has 1 saturated heterocycles. The standard InChI is InChI=1S/C10H14FN3.CH4/c1-8-5-12-10(13-6-8)14-4-2-3-9(11)7-14;/h5-6,9H,2-4,7H2,1H3;1H4. The molecule has 0 spiro atoms. The molecule has 15 heavy (non-hydrogen) atoms. The lowest BCUT2D eigenvalue weighted by molar-refractivity contribution is 0.285. The van der Waals surface area contributed by atoms with E-state index >= 15 is 0 Å². The molecule has 3 nitrogen and oxygen atoms in total. The van der Waals surface area contributed by atoms with Gasteiger partial charge in [0, 0.05) is 18.9 Å². The number of piperidine rings is 1. The van der Waals surface area contributed by atoms with Gasteiger partial charge in [-0.05, 0) is 25.3 Å². The molecular weight excluding hydrogens is 193 g/mol. The highest BCUT2D eigenvalue weighted by molar-refractivity contribution is 5.30. The van der Waals surface area contributed by atoms with E-state index in [2.05, 4.69) is 9.97 Å². The number of hydrogen-bond acceptors (Lipinski definition) is 3. The van der Waals surface area contributed by atoms with E-state index in [1.165, 1.54) is 0 Å². The zero-order chi connectivity index (χ0) is 9.97. The summed E-state index contributed by atoms with van der Waals surface area (Å²) in [6.45, 7) is 3.24. The lowest BCUT2D eigenvalue weighted by Gasteiger charge is -2.28. The molecule has 0 bridgehead atoms. The van der Waals surface area contributed by atoms with Gasteiger partial charge in [-0.25, -0.2) is 14.4 Å². The van der Waals surface area contributed by atoms with E-state index in [1.54, 1.807) is 12.4 Å². The summed E-state index contributed by atoms with van der Waals surface area (Å²) < 4.78 is 13.1. The zero-order valence-electron chi connectivity index (χ0n) is 8.28. The number of hydrogen-bond donors (Lipinski definition) is 0. The molecule has 1 atom stereocenters. The van der Waals surface area contributed by atoms with Gasteiger partial charge in [0.25, 0.3) is 0 Å². The van der Waals surface area contributed by atoms with Gasteiger partial charge in [-0.15, -0.1) is 0 Å². The molecule has 1 aliphatic heterocycles. The highest BCUT2D eigenvalue weighted by atomic mass is 19.1. The summed E-state index contributed by atoms with van der Waals surface area (Å²) in [6.07, 6.45) is 4.36.